The second-order valence-corrected chi connectivity index (χ2v) is 11.9. The van der Waals surface area contributed by atoms with Crippen molar-refractivity contribution < 1.29 is 44.5 Å². The minimum absolute atomic E-state index is 0.0379. The van der Waals surface area contributed by atoms with Crippen molar-refractivity contribution in [2.24, 2.45) is 17.8 Å². The second kappa shape index (κ2) is 13.6. The molecule has 0 aliphatic heterocycles. The van der Waals surface area contributed by atoms with Gasteiger partial charge in [0.2, 0.25) is 0 Å². The van der Waals surface area contributed by atoms with Crippen LogP contribution in [0, 0.1) is 17.8 Å². The van der Waals surface area contributed by atoms with E-state index in [0.29, 0.717) is 12.2 Å². The number of ether oxygens (including phenoxy) is 3. The molecule has 9 nitrogen and oxygen atoms in total. The number of allylic oxidation sites excluding steroid dienone is 1. The van der Waals surface area contributed by atoms with E-state index in [1.54, 1.807) is 19.9 Å². The van der Waals surface area contributed by atoms with Gasteiger partial charge in [-0.25, -0.2) is 4.79 Å². The molecule has 216 valence electrons. The fourth-order valence-corrected chi connectivity index (χ4v) is 4.21. The molecule has 0 saturated heterocycles. The van der Waals surface area contributed by atoms with Crippen LogP contribution in [-0.2, 0) is 19.0 Å². The van der Waals surface area contributed by atoms with Crippen molar-refractivity contribution in [3.05, 3.63) is 23.8 Å². The molecule has 37 heavy (non-hydrogen) atoms. The molecule has 0 radical (unpaired) electrons. The molecule has 0 spiro atoms. The molecular formula is C28H50O9. The largest absolute Gasteiger partial charge is 0.453 e. The molecule has 1 saturated carbocycles. The summed E-state index contributed by atoms with van der Waals surface area (Å²) in [6, 6.07) is 0. The first-order chi connectivity index (χ1) is 16.9. The quantitative estimate of drug-likeness (QED) is 0.137. The van der Waals surface area contributed by atoms with E-state index < -0.39 is 59.7 Å². The molecule has 0 aromatic heterocycles. The minimum atomic E-state index is -2.04. The summed E-state index contributed by atoms with van der Waals surface area (Å²) >= 11 is 0. The Labute approximate surface area is 222 Å². The molecule has 1 aliphatic carbocycles. The third kappa shape index (κ3) is 8.85. The molecular weight excluding hydrogens is 480 g/mol. The molecule has 0 bridgehead atoms. The molecule has 0 aromatic rings. The number of aliphatic hydroxyl groups is 5. The lowest BCUT2D eigenvalue weighted by Gasteiger charge is -2.51. The normalized spacial score (nSPS) is 30.9. The van der Waals surface area contributed by atoms with Crippen LogP contribution in [0.4, 0.5) is 0 Å². The first-order valence-corrected chi connectivity index (χ1v) is 13.1. The SMILES string of the molecule is C=C([C@H]1[C@H](O)[C@H](OC(=O)/C(C)=C\C)[C@@](C)(O)[C@@H](O)[C@H]1OCC(C)C)[C@@H](C[C@H](O)C(C)(C)O)OCC(C)C. The van der Waals surface area contributed by atoms with E-state index in [9.17, 15) is 30.3 Å². The van der Waals surface area contributed by atoms with Crippen LogP contribution in [0.15, 0.2) is 23.8 Å². The maximum absolute atomic E-state index is 12.6. The number of rotatable bonds is 13. The summed E-state index contributed by atoms with van der Waals surface area (Å²) in [5.74, 6) is -1.54. The lowest BCUT2D eigenvalue weighted by Crippen LogP contribution is -2.69. The summed E-state index contributed by atoms with van der Waals surface area (Å²) in [6.07, 6.45) is -6.19. The van der Waals surface area contributed by atoms with Crippen LogP contribution in [0.3, 0.4) is 0 Å². The first kappa shape index (κ1) is 33.7. The summed E-state index contributed by atoms with van der Waals surface area (Å²) < 4.78 is 17.6. The summed E-state index contributed by atoms with van der Waals surface area (Å²) in [7, 11) is 0. The van der Waals surface area contributed by atoms with Crippen LogP contribution in [0.1, 0.15) is 68.7 Å². The van der Waals surface area contributed by atoms with Crippen molar-refractivity contribution in [2.75, 3.05) is 13.2 Å². The van der Waals surface area contributed by atoms with E-state index in [0.717, 1.165) is 0 Å². The summed E-state index contributed by atoms with van der Waals surface area (Å²) in [6.45, 7) is 19.9. The summed E-state index contributed by atoms with van der Waals surface area (Å²) in [5, 5.41) is 55.0. The Bertz CT molecular complexity index is 781. The zero-order chi connectivity index (χ0) is 28.9. The first-order valence-electron chi connectivity index (χ1n) is 13.1. The fourth-order valence-electron chi connectivity index (χ4n) is 4.21. The van der Waals surface area contributed by atoms with Gasteiger partial charge in [-0.15, -0.1) is 0 Å². The molecule has 0 heterocycles. The maximum atomic E-state index is 12.6. The molecule has 8 atom stereocenters. The minimum Gasteiger partial charge on any atom is -0.453 e. The van der Waals surface area contributed by atoms with E-state index in [4.69, 9.17) is 14.2 Å². The van der Waals surface area contributed by atoms with E-state index in [1.807, 2.05) is 27.7 Å². The van der Waals surface area contributed by atoms with Crippen LogP contribution >= 0.6 is 0 Å². The Morgan fingerprint density at radius 3 is 2.14 bits per heavy atom. The zero-order valence-corrected chi connectivity index (χ0v) is 24.0. The van der Waals surface area contributed by atoms with Gasteiger partial charge in [-0.05, 0) is 52.0 Å². The Kier molecular flexibility index (Phi) is 12.4. The number of hydrogen-bond donors (Lipinski definition) is 5. The van der Waals surface area contributed by atoms with Crippen molar-refractivity contribution in [3.8, 4) is 0 Å². The average molecular weight is 531 g/mol. The highest BCUT2D eigenvalue weighted by molar-refractivity contribution is 5.87. The van der Waals surface area contributed by atoms with Gasteiger partial charge in [-0.1, -0.05) is 40.3 Å². The Morgan fingerprint density at radius 2 is 1.68 bits per heavy atom. The Hall–Kier alpha value is -1.33. The van der Waals surface area contributed by atoms with Crippen LogP contribution in [0.2, 0.25) is 0 Å². The fraction of sp³-hybridized carbons (Fsp3) is 0.821. The van der Waals surface area contributed by atoms with Crippen molar-refractivity contribution in [3.63, 3.8) is 0 Å². The average Bonchev–Trinajstić information content (AvgIpc) is 2.78. The number of hydrogen-bond acceptors (Lipinski definition) is 9. The van der Waals surface area contributed by atoms with E-state index in [-0.39, 0.29) is 30.4 Å². The molecule has 0 amide bonds. The highest BCUT2D eigenvalue weighted by atomic mass is 16.6. The lowest BCUT2D eigenvalue weighted by atomic mass is 9.67. The molecule has 1 aliphatic rings. The van der Waals surface area contributed by atoms with E-state index in [1.165, 1.54) is 20.8 Å². The maximum Gasteiger partial charge on any atom is 0.333 e. The highest BCUT2D eigenvalue weighted by Gasteiger charge is 2.59. The molecule has 1 fully saturated rings. The van der Waals surface area contributed by atoms with Gasteiger partial charge in [0.05, 0.1) is 23.9 Å². The molecule has 0 aromatic carbocycles. The molecule has 9 heteroatoms. The van der Waals surface area contributed by atoms with E-state index >= 15 is 0 Å². The van der Waals surface area contributed by atoms with Crippen molar-refractivity contribution in [1.29, 1.82) is 0 Å². The predicted molar refractivity (Wildman–Crippen MR) is 141 cm³/mol. The number of esters is 1. The van der Waals surface area contributed by atoms with Gasteiger partial charge < -0.3 is 39.7 Å². The van der Waals surface area contributed by atoms with Crippen LogP contribution in [0.25, 0.3) is 0 Å². The lowest BCUT2D eigenvalue weighted by molar-refractivity contribution is -0.260. The van der Waals surface area contributed by atoms with Gasteiger partial charge in [0.25, 0.3) is 0 Å². The van der Waals surface area contributed by atoms with Gasteiger partial charge in [-0.3, -0.25) is 0 Å². The van der Waals surface area contributed by atoms with Gasteiger partial charge in [0.1, 0.15) is 17.8 Å². The van der Waals surface area contributed by atoms with Crippen LogP contribution in [0.5, 0.6) is 0 Å². The van der Waals surface area contributed by atoms with Gasteiger partial charge in [0, 0.05) is 31.1 Å². The molecule has 1 rings (SSSR count). The number of carbonyl (C=O) groups excluding carboxylic acids is 1. The molecule has 0 unspecified atom stereocenters. The van der Waals surface area contributed by atoms with Gasteiger partial charge in [0.15, 0.2) is 6.10 Å². The van der Waals surface area contributed by atoms with Gasteiger partial charge >= 0.3 is 5.97 Å². The van der Waals surface area contributed by atoms with Gasteiger partial charge in [-0.2, -0.15) is 0 Å². The predicted octanol–water partition coefficient (Wildman–Crippen LogP) is 2.13. The number of aliphatic hydroxyl groups excluding tert-OH is 3. The highest BCUT2D eigenvalue weighted by Crippen LogP contribution is 2.42. The Balaban J connectivity index is 3.52. The number of carbonyl (C=O) groups is 1. The smallest absolute Gasteiger partial charge is 0.333 e. The monoisotopic (exact) mass is 530 g/mol. The third-order valence-corrected chi connectivity index (χ3v) is 6.85. The Morgan fingerprint density at radius 1 is 1.14 bits per heavy atom. The second-order valence-electron chi connectivity index (χ2n) is 11.9. The zero-order valence-electron chi connectivity index (χ0n) is 24.0. The van der Waals surface area contributed by atoms with Crippen molar-refractivity contribution in [2.45, 2.75) is 117 Å². The molecule has 5 N–H and O–H groups in total. The summed E-state index contributed by atoms with van der Waals surface area (Å²) in [5.41, 5.74) is -2.90. The van der Waals surface area contributed by atoms with E-state index in [2.05, 4.69) is 6.58 Å². The topological polar surface area (TPSA) is 146 Å². The van der Waals surface area contributed by atoms with Crippen LogP contribution in [-0.4, -0.2) is 92.5 Å². The van der Waals surface area contributed by atoms with Crippen LogP contribution < -0.4 is 0 Å². The third-order valence-electron chi connectivity index (χ3n) is 6.85. The van der Waals surface area contributed by atoms with Crippen molar-refractivity contribution in [1.82, 2.24) is 0 Å². The van der Waals surface area contributed by atoms with Crippen molar-refractivity contribution >= 4 is 5.97 Å². The standard InChI is InChI=1S/C28H50O9/c1-11-17(6)26(32)37-25-22(30)21(23(36-14-16(4)5)24(31)28(25,10)34)18(7)19(35-13-15(2)3)12-20(29)27(8,9)33/h11,15-16,19-25,29-31,33-34H,7,12-14H2,1-6,8-10H3/b17-11-/t19-,20+,21+,22+,23+,24+,25+,28+/m1/s1. The summed E-state index contributed by atoms with van der Waals surface area (Å²) in [4.78, 5) is 12.6.